The largest absolute Gasteiger partial charge is 0.338 e. The number of nitrogens with one attached hydrogen (secondary N) is 2. The molecule has 0 atom stereocenters. The Hall–Kier alpha value is -2.56. The molecular formula is C18H24N6O3S. The lowest BCUT2D eigenvalue weighted by atomic mass is 10.2. The van der Waals surface area contributed by atoms with Crippen LogP contribution >= 0.6 is 0 Å². The van der Waals surface area contributed by atoms with Gasteiger partial charge in [-0.25, -0.2) is 23.1 Å². The summed E-state index contributed by atoms with van der Waals surface area (Å²) in [6, 6.07) is 6.64. The molecule has 2 heterocycles. The Labute approximate surface area is 164 Å². The standard InChI is InChI=1S/C18H24N6O3S/c1-14-4-5-15(12-16(14)28(26,27)19-2)22-17(25)13-23-8-10-24(11-9-23)18-20-6-3-7-21-18/h3-7,12,19H,8-11,13H2,1-2H3,(H,22,25). The smallest absolute Gasteiger partial charge is 0.240 e. The highest BCUT2D eigenvalue weighted by atomic mass is 32.2. The van der Waals surface area contributed by atoms with Crippen molar-refractivity contribution in [2.75, 3.05) is 50.0 Å². The molecule has 0 aliphatic carbocycles. The zero-order valence-corrected chi connectivity index (χ0v) is 16.7. The zero-order valence-electron chi connectivity index (χ0n) is 15.9. The first kappa shape index (κ1) is 20.2. The summed E-state index contributed by atoms with van der Waals surface area (Å²) in [6.45, 7) is 4.88. The van der Waals surface area contributed by atoms with E-state index in [0.29, 0.717) is 17.2 Å². The minimum atomic E-state index is -3.58. The number of amides is 1. The van der Waals surface area contributed by atoms with Gasteiger partial charge in [0.2, 0.25) is 21.9 Å². The van der Waals surface area contributed by atoms with Crippen molar-refractivity contribution in [1.29, 1.82) is 0 Å². The maximum atomic E-state index is 12.4. The van der Waals surface area contributed by atoms with E-state index in [1.54, 1.807) is 37.5 Å². The van der Waals surface area contributed by atoms with Gasteiger partial charge in [-0.2, -0.15) is 0 Å². The molecule has 0 unspecified atom stereocenters. The van der Waals surface area contributed by atoms with E-state index in [-0.39, 0.29) is 17.3 Å². The minimum absolute atomic E-state index is 0.157. The first-order valence-corrected chi connectivity index (χ1v) is 10.5. The molecule has 10 heteroatoms. The summed E-state index contributed by atoms with van der Waals surface area (Å²) >= 11 is 0. The number of carbonyl (C=O) groups excluding carboxylic acids is 1. The molecule has 2 aromatic rings. The van der Waals surface area contributed by atoms with Crippen LogP contribution in [-0.2, 0) is 14.8 Å². The molecule has 2 N–H and O–H groups in total. The van der Waals surface area contributed by atoms with Gasteiger partial charge in [0.05, 0.1) is 11.4 Å². The fraction of sp³-hybridized carbons (Fsp3) is 0.389. The molecule has 1 aromatic carbocycles. The molecule has 1 aromatic heterocycles. The monoisotopic (exact) mass is 404 g/mol. The van der Waals surface area contributed by atoms with Crippen LogP contribution in [0.2, 0.25) is 0 Å². The average molecular weight is 404 g/mol. The lowest BCUT2D eigenvalue weighted by Crippen LogP contribution is -2.49. The van der Waals surface area contributed by atoms with Crippen molar-refractivity contribution in [3.8, 4) is 0 Å². The SMILES string of the molecule is CNS(=O)(=O)c1cc(NC(=O)CN2CCN(c3ncccn3)CC2)ccc1C. The second-order valence-corrected chi connectivity index (χ2v) is 8.40. The summed E-state index contributed by atoms with van der Waals surface area (Å²) in [5.74, 6) is 0.519. The van der Waals surface area contributed by atoms with E-state index in [9.17, 15) is 13.2 Å². The quantitative estimate of drug-likeness (QED) is 0.720. The van der Waals surface area contributed by atoms with Crippen LogP contribution < -0.4 is 14.9 Å². The van der Waals surface area contributed by atoms with Gasteiger partial charge in [-0.15, -0.1) is 0 Å². The van der Waals surface area contributed by atoms with Gasteiger partial charge in [-0.05, 0) is 37.7 Å². The van der Waals surface area contributed by atoms with E-state index >= 15 is 0 Å². The highest BCUT2D eigenvalue weighted by molar-refractivity contribution is 7.89. The molecule has 1 amide bonds. The zero-order chi connectivity index (χ0) is 20.1. The normalized spacial score (nSPS) is 15.4. The van der Waals surface area contributed by atoms with E-state index in [1.165, 1.54) is 13.1 Å². The van der Waals surface area contributed by atoms with Crippen molar-refractivity contribution in [2.45, 2.75) is 11.8 Å². The molecular weight excluding hydrogens is 380 g/mol. The van der Waals surface area contributed by atoms with Gasteiger partial charge in [-0.1, -0.05) is 6.07 Å². The number of carbonyl (C=O) groups is 1. The first-order chi connectivity index (χ1) is 13.4. The number of hydrogen-bond donors (Lipinski definition) is 2. The lowest BCUT2D eigenvalue weighted by molar-refractivity contribution is -0.117. The van der Waals surface area contributed by atoms with E-state index in [0.717, 1.165) is 26.2 Å². The molecule has 0 saturated carbocycles. The Kier molecular flexibility index (Phi) is 6.22. The predicted molar refractivity (Wildman–Crippen MR) is 107 cm³/mol. The van der Waals surface area contributed by atoms with Gasteiger partial charge in [0.25, 0.3) is 0 Å². The Morgan fingerprint density at radius 1 is 1.14 bits per heavy atom. The van der Waals surface area contributed by atoms with Crippen LogP contribution in [0.3, 0.4) is 0 Å². The molecule has 0 radical (unpaired) electrons. The highest BCUT2D eigenvalue weighted by Gasteiger charge is 2.21. The first-order valence-electron chi connectivity index (χ1n) is 8.97. The van der Waals surface area contributed by atoms with Gasteiger partial charge in [0, 0.05) is 44.3 Å². The van der Waals surface area contributed by atoms with E-state index in [2.05, 4.69) is 24.9 Å². The van der Waals surface area contributed by atoms with Gasteiger partial charge in [0.15, 0.2) is 0 Å². The number of hydrogen-bond acceptors (Lipinski definition) is 7. The summed E-state index contributed by atoms with van der Waals surface area (Å²) < 4.78 is 26.5. The predicted octanol–water partition coefficient (Wildman–Crippen LogP) is 0.454. The molecule has 28 heavy (non-hydrogen) atoms. The third kappa shape index (κ3) is 4.83. The molecule has 0 bridgehead atoms. The molecule has 1 saturated heterocycles. The lowest BCUT2D eigenvalue weighted by Gasteiger charge is -2.34. The number of benzene rings is 1. The number of rotatable bonds is 6. The van der Waals surface area contributed by atoms with Crippen molar-refractivity contribution in [1.82, 2.24) is 19.6 Å². The van der Waals surface area contributed by atoms with Crippen LogP contribution in [0.1, 0.15) is 5.56 Å². The van der Waals surface area contributed by atoms with Crippen LogP contribution in [0.15, 0.2) is 41.6 Å². The van der Waals surface area contributed by atoms with Crippen molar-refractivity contribution in [2.24, 2.45) is 0 Å². The molecule has 1 aliphatic heterocycles. The van der Waals surface area contributed by atoms with Gasteiger partial charge in [0.1, 0.15) is 0 Å². The second kappa shape index (κ2) is 8.63. The number of aromatic nitrogens is 2. The minimum Gasteiger partial charge on any atom is -0.338 e. The topological polar surface area (TPSA) is 108 Å². The maximum absolute atomic E-state index is 12.4. The highest BCUT2D eigenvalue weighted by Crippen LogP contribution is 2.20. The maximum Gasteiger partial charge on any atom is 0.240 e. The summed E-state index contributed by atoms with van der Waals surface area (Å²) in [5, 5.41) is 2.78. The average Bonchev–Trinajstić information content (AvgIpc) is 2.70. The number of anilines is 2. The fourth-order valence-corrected chi connectivity index (χ4v) is 4.04. The van der Waals surface area contributed by atoms with Crippen LogP contribution in [0.25, 0.3) is 0 Å². The molecule has 9 nitrogen and oxygen atoms in total. The Balaban J connectivity index is 1.56. The summed E-state index contributed by atoms with van der Waals surface area (Å²) in [7, 11) is -2.21. The molecule has 3 rings (SSSR count). The van der Waals surface area contributed by atoms with Crippen molar-refractivity contribution >= 4 is 27.6 Å². The van der Waals surface area contributed by atoms with E-state index in [1.807, 2.05) is 4.90 Å². The third-order valence-electron chi connectivity index (χ3n) is 4.60. The number of nitrogens with zero attached hydrogens (tertiary/aromatic N) is 4. The molecule has 0 spiro atoms. The fourth-order valence-electron chi connectivity index (χ4n) is 3.04. The number of sulfonamides is 1. The Bertz CT molecular complexity index is 928. The number of aryl methyl sites for hydroxylation is 1. The van der Waals surface area contributed by atoms with E-state index < -0.39 is 10.0 Å². The van der Waals surface area contributed by atoms with Crippen molar-refractivity contribution < 1.29 is 13.2 Å². The van der Waals surface area contributed by atoms with Crippen molar-refractivity contribution in [3.63, 3.8) is 0 Å². The van der Waals surface area contributed by atoms with Crippen LogP contribution in [0.4, 0.5) is 11.6 Å². The second-order valence-electron chi connectivity index (χ2n) is 6.55. The Morgan fingerprint density at radius 3 is 2.46 bits per heavy atom. The molecule has 1 aliphatic rings. The van der Waals surface area contributed by atoms with Crippen LogP contribution in [0, 0.1) is 6.92 Å². The van der Waals surface area contributed by atoms with Crippen LogP contribution in [-0.4, -0.2) is 69.0 Å². The van der Waals surface area contributed by atoms with Crippen LogP contribution in [0.5, 0.6) is 0 Å². The van der Waals surface area contributed by atoms with E-state index in [4.69, 9.17) is 0 Å². The summed E-state index contributed by atoms with van der Waals surface area (Å²) in [5.41, 5.74) is 1.08. The number of piperazine rings is 1. The molecule has 1 fully saturated rings. The summed E-state index contributed by atoms with van der Waals surface area (Å²) in [4.78, 5) is 25.2. The van der Waals surface area contributed by atoms with Gasteiger partial charge in [-0.3, -0.25) is 9.69 Å². The Morgan fingerprint density at radius 2 is 1.82 bits per heavy atom. The van der Waals surface area contributed by atoms with Gasteiger partial charge >= 0.3 is 0 Å². The van der Waals surface area contributed by atoms with Crippen molar-refractivity contribution in [3.05, 3.63) is 42.2 Å². The third-order valence-corrected chi connectivity index (χ3v) is 6.16. The molecule has 150 valence electrons. The summed E-state index contributed by atoms with van der Waals surface area (Å²) in [6.07, 6.45) is 3.43. The van der Waals surface area contributed by atoms with Gasteiger partial charge < -0.3 is 10.2 Å².